The van der Waals surface area contributed by atoms with Gasteiger partial charge in [-0.1, -0.05) is 32.1 Å². The summed E-state index contributed by atoms with van der Waals surface area (Å²) < 4.78 is 0. The summed E-state index contributed by atoms with van der Waals surface area (Å²) in [6.45, 7) is 2.55. The van der Waals surface area contributed by atoms with E-state index in [1.807, 2.05) is 4.90 Å². The van der Waals surface area contributed by atoms with Crippen LogP contribution < -0.4 is 5.56 Å². The van der Waals surface area contributed by atoms with Gasteiger partial charge in [-0.15, -0.1) is 0 Å². The number of likely N-dealkylation sites (tertiary alicyclic amines) is 2. The van der Waals surface area contributed by atoms with Gasteiger partial charge in [0.1, 0.15) is 5.75 Å². The van der Waals surface area contributed by atoms with Crippen molar-refractivity contribution < 1.29 is 14.7 Å². The molecule has 29 heavy (non-hydrogen) atoms. The predicted molar refractivity (Wildman–Crippen MR) is 109 cm³/mol. The molecule has 1 saturated carbocycles. The molecule has 1 aromatic heterocycles. The third-order valence-electron chi connectivity index (χ3n) is 7.13. The lowest BCUT2D eigenvalue weighted by atomic mass is 9.78. The number of rotatable bonds is 4. The molecule has 3 aliphatic rings. The fourth-order valence-electron chi connectivity index (χ4n) is 5.41. The molecule has 0 bridgehead atoms. The van der Waals surface area contributed by atoms with Crippen molar-refractivity contribution in [2.24, 2.45) is 11.3 Å². The van der Waals surface area contributed by atoms with Crippen molar-refractivity contribution in [2.45, 2.75) is 57.8 Å². The van der Waals surface area contributed by atoms with Crippen LogP contribution in [0.1, 0.15) is 68.1 Å². The normalized spacial score (nSPS) is 25.7. The summed E-state index contributed by atoms with van der Waals surface area (Å²) in [4.78, 5) is 43.6. The maximum atomic E-state index is 13.3. The van der Waals surface area contributed by atoms with E-state index in [2.05, 4.69) is 4.98 Å². The zero-order valence-corrected chi connectivity index (χ0v) is 17.0. The Morgan fingerprint density at radius 3 is 2.69 bits per heavy atom. The van der Waals surface area contributed by atoms with Crippen LogP contribution in [-0.4, -0.2) is 57.9 Å². The molecule has 1 aromatic rings. The average Bonchev–Trinajstić information content (AvgIpc) is 3.15. The van der Waals surface area contributed by atoms with Crippen molar-refractivity contribution in [2.75, 3.05) is 26.2 Å². The van der Waals surface area contributed by atoms with E-state index in [4.69, 9.17) is 0 Å². The van der Waals surface area contributed by atoms with Crippen LogP contribution in [0, 0.1) is 11.3 Å². The fourth-order valence-corrected chi connectivity index (χ4v) is 5.41. The van der Waals surface area contributed by atoms with E-state index in [1.54, 1.807) is 4.90 Å². The number of pyridine rings is 1. The van der Waals surface area contributed by atoms with Gasteiger partial charge in [-0.05, 0) is 31.6 Å². The second-order valence-electron chi connectivity index (χ2n) is 9.04. The Morgan fingerprint density at radius 2 is 1.93 bits per heavy atom. The van der Waals surface area contributed by atoms with Crippen molar-refractivity contribution in [3.63, 3.8) is 0 Å². The molecule has 158 valence electrons. The number of piperidine rings is 1. The Labute approximate surface area is 171 Å². The Kier molecular flexibility index (Phi) is 5.65. The van der Waals surface area contributed by atoms with Gasteiger partial charge in [0.2, 0.25) is 5.91 Å². The van der Waals surface area contributed by atoms with Gasteiger partial charge in [-0.3, -0.25) is 14.4 Å². The molecule has 0 radical (unpaired) electrons. The first-order valence-electron chi connectivity index (χ1n) is 11.0. The third kappa shape index (κ3) is 4.05. The zero-order chi connectivity index (χ0) is 20.4. The summed E-state index contributed by atoms with van der Waals surface area (Å²) in [5, 5.41) is 9.97. The number of aromatic hydroxyl groups is 1. The number of nitrogens with one attached hydrogen (secondary N) is 1. The minimum Gasteiger partial charge on any atom is -0.507 e. The van der Waals surface area contributed by atoms with Gasteiger partial charge >= 0.3 is 0 Å². The number of hydrogen-bond donors (Lipinski definition) is 2. The fraction of sp³-hybridized carbons (Fsp3) is 0.682. The molecule has 7 heteroatoms. The molecule has 4 rings (SSSR count). The first-order valence-corrected chi connectivity index (χ1v) is 11.0. The average molecular weight is 402 g/mol. The molecule has 2 amide bonds. The number of carbonyl (C=O) groups is 2. The van der Waals surface area contributed by atoms with E-state index in [9.17, 15) is 19.5 Å². The summed E-state index contributed by atoms with van der Waals surface area (Å²) in [5.41, 5.74) is -0.856. The SMILES string of the molecule is O=C(c1c[nH]c(=O)cc1O)N1CC[C@@]2(CCCN(CCC3CCCCC3)C2=O)C1. The van der Waals surface area contributed by atoms with E-state index >= 15 is 0 Å². The molecule has 3 fully saturated rings. The molecule has 1 aliphatic carbocycles. The minimum atomic E-state index is -0.488. The molecule has 2 N–H and O–H groups in total. The van der Waals surface area contributed by atoms with Gasteiger partial charge in [0.05, 0.1) is 11.0 Å². The number of carbonyl (C=O) groups excluding carboxylic acids is 2. The molecule has 0 aromatic carbocycles. The summed E-state index contributed by atoms with van der Waals surface area (Å²) in [7, 11) is 0. The van der Waals surface area contributed by atoms with E-state index in [1.165, 1.54) is 38.3 Å². The summed E-state index contributed by atoms with van der Waals surface area (Å²) in [5.74, 6) is 0.298. The predicted octanol–water partition coefficient (Wildman–Crippen LogP) is 2.51. The summed E-state index contributed by atoms with van der Waals surface area (Å²) >= 11 is 0. The number of aromatic amines is 1. The van der Waals surface area contributed by atoms with Crippen LogP contribution in [0.2, 0.25) is 0 Å². The van der Waals surface area contributed by atoms with Crippen molar-refractivity contribution in [1.82, 2.24) is 14.8 Å². The highest BCUT2D eigenvalue weighted by molar-refractivity contribution is 5.97. The van der Waals surface area contributed by atoms with Gasteiger partial charge in [0, 0.05) is 38.4 Å². The molecule has 7 nitrogen and oxygen atoms in total. The molecule has 0 unspecified atom stereocenters. The third-order valence-corrected chi connectivity index (χ3v) is 7.13. The van der Waals surface area contributed by atoms with Crippen LogP contribution in [0.25, 0.3) is 0 Å². The second kappa shape index (κ2) is 8.20. The van der Waals surface area contributed by atoms with E-state index in [0.29, 0.717) is 19.5 Å². The second-order valence-corrected chi connectivity index (χ2v) is 9.04. The quantitative estimate of drug-likeness (QED) is 0.811. The number of H-pyrrole nitrogens is 1. The van der Waals surface area contributed by atoms with E-state index in [0.717, 1.165) is 44.3 Å². The van der Waals surface area contributed by atoms with E-state index in [-0.39, 0.29) is 23.1 Å². The number of amides is 2. The molecular formula is C22H31N3O4. The lowest BCUT2D eigenvalue weighted by Gasteiger charge is -2.40. The lowest BCUT2D eigenvalue weighted by molar-refractivity contribution is -0.145. The van der Waals surface area contributed by atoms with Crippen molar-refractivity contribution in [1.29, 1.82) is 0 Å². The van der Waals surface area contributed by atoms with Crippen molar-refractivity contribution >= 4 is 11.8 Å². The molecule has 1 atom stereocenters. The summed E-state index contributed by atoms with van der Waals surface area (Å²) in [6.07, 6.45) is 11.4. The Morgan fingerprint density at radius 1 is 1.14 bits per heavy atom. The van der Waals surface area contributed by atoms with Gasteiger partial charge < -0.3 is 19.9 Å². The topological polar surface area (TPSA) is 93.7 Å². The highest BCUT2D eigenvalue weighted by Crippen LogP contribution is 2.41. The van der Waals surface area contributed by atoms with Crippen LogP contribution in [0.3, 0.4) is 0 Å². The van der Waals surface area contributed by atoms with Gasteiger partial charge in [-0.25, -0.2) is 0 Å². The number of aromatic nitrogens is 1. The van der Waals surface area contributed by atoms with Crippen molar-refractivity contribution in [3.8, 4) is 5.75 Å². The van der Waals surface area contributed by atoms with Gasteiger partial charge in [0.15, 0.2) is 0 Å². The molecule has 1 spiro atoms. The van der Waals surface area contributed by atoms with Crippen LogP contribution in [0.15, 0.2) is 17.1 Å². The van der Waals surface area contributed by atoms with Crippen LogP contribution in [0.4, 0.5) is 0 Å². The Balaban J connectivity index is 1.40. The molecule has 2 saturated heterocycles. The molecular weight excluding hydrogens is 370 g/mol. The van der Waals surface area contributed by atoms with Crippen molar-refractivity contribution in [3.05, 3.63) is 28.2 Å². The van der Waals surface area contributed by atoms with E-state index < -0.39 is 11.0 Å². The smallest absolute Gasteiger partial charge is 0.259 e. The largest absolute Gasteiger partial charge is 0.507 e. The minimum absolute atomic E-state index is 0.0825. The van der Waals surface area contributed by atoms with Crippen LogP contribution in [-0.2, 0) is 4.79 Å². The zero-order valence-electron chi connectivity index (χ0n) is 17.0. The maximum absolute atomic E-state index is 13.3. The van der Waals surface area contributed by atoms with Crippen LogP contribution in [0.5, 0.6) is 5.75 Å². The Bertz CT molecular complexity index is 830. The Hall–Kier alpha value is -2.31. The molecule has 2 aliphatic heterocycles. The highest BCUT2D eigenvalue weighted by atomic mass is 16.3. The van der Waals surface area contributed by atoms with Gasteiger partial charge in [-0.2, -0.15) is 0 Å². The lowest BCUT2D eigenvalue weighted by Crippen LogP contribution is -2.50. The molecule has 3 heterocycles. The van der Waals surface area contributed by atoms with Crippen LogP contribution >= 0.6 is 0 Å². The number of nitrogens with zero attached hydrogens (tertiary/aromatic N) is 2. The first-order chi connectivity index (χ1) is 14.0. The summed E-state index contributed by atoms with van der Waals surface area (Å²) in [6, 6.07) is 1.01. The highest BCUT2D eigenvalue weighted by Gasteiger charge is 2.49. The number of hydrogen-bond acceptors (Lipinski definition) is 4. The maximum Gasteiger partial charge on any atom is 0.259 e. The monoisotopic (exact) mass is 401 g/mol. The first kappa shape index (κ1) is 20.0. The van der Waals surface area contributed by atoms with Gasteiger partial charge in [0.25, 0.3) is 11.5 Å². The standard InChI is InChI=1S/C22H31N3O4/c26-18-13-19(27)23-14-17(18)20(28)25-12-9-22(15-25)8-4-10-24(21(22)29)11-7-16-5-2-1-3-6-16/h13-14,16H,1-12,15H2,(H2,23,26,27)/t22-/m0/s1.